The van der Waals surface area contributed by atoms with Gasteiger partial charge in [-0.3, -0.25) is 9.78 Å². The maximum atomic E-state index is 12.3. The minimum absolute atomic E-state index is 0.261. The number of primary amides is 1. The number of aromatic nitrogens is 1. The summed E-state index contributed by atoms with van der Waals surface area (Å²) >= 11 is -1.07. The summed E-state index contributed by atoms with van der Waals surface area (Å²) in [5, 5.41) is 0. The zero-order valence-electron chi connectivity index (χ0n) is 10.8. The van der Waals surface area contributed by atoms with Gasteiger partial charge in [-0.1, -0.05) is 0 Å². The van der Waals surface area contributed by atoms with Crippen molar-refractivity contribution in [3.63, 3.8) is 0 Å². The third-order valence-electron chi connectivity index (χ3n) is 2.79. The van der Waals surface area contributed by atoms with E-state index in [9.17, 15) is 9.35 Å². The Morgan fingerprint density at radius 2 is 2.06 bits per heavy atom. The zero-order valence-corrected chi connectivity index (χ0v) is 11.6. The van der Waals surface area contributed by atoms with Gasteiger partial charge in [0.05, 0.1) is 13.1 Å². The predicted molar refractivity (Wildman–Crippen MR) is 69.9 cm³/mol. The number of hydrogen-bond acceptors (Lipinski definition) is 4. The fourth-order valence-electron chi connectivity index (χ4n) is 1.89. The Morgan fingerprint density at radius 3 is 2.61 bits per heavy atom. The average molecular weight is 267 g/mol. The maximum Gasteiger partial charge on any atom is 0.267 e. The number of amides is 1. The maximum absolute atomic E-state index is 12.3. The molecule has 2 rings (SSSR count). The Labute approximate surface area is 110 Å². The molecule has 0 radical (unpaired) electrons. The number of hydrogen-bond donors (Lipinski definition) is 1. The standard InChI is InChI=1S/C12H17N3O2S/c1-12(2,3)18(17)15-6-8-4-10(11(13)16)14-5-9(8)7-15/h4-5H,6-7H2,1-3H3,(H2,13,16). The molecule has 1 aromatic heterocycles. The number of fused-ring (bicyclic) bond motifs is 1. The summed E-state index contributed by atoms with van der Waals surface area (Å²) in [4.78, 5) is 15.1. The second-order valence-electron chi connectivity index (χ2n) is 5.36. The van der Waals surface area contributed by atoms with Crippen molar-refractivity contribution in [1.29, 1.82) is 0 Å². The zero-order chi connectivity index (χ0) is 13.5. The van der Waals surface area contributed by atoms with Crippen LogP contribution >= 0.6 is 0 Å². The second-order valence-corrected chi connectivity index (χ2v) is 7.60. The predicted octanol–water partition coefficient (Wildman–Crippen LogP) is 0.958. The highest BCUT2D eigenvalue weighted by Gasteiger charge is 2.37. The summed E-state index contributed by atoms with van der Waals surface area (Å²) in [6.07, 6.45) is 1.65. The molecule has 1 atom stereocenters. The molecule has 0 fully saturated rings. The van der Waals surface area contributed by atoms with E-state index in [0.29, 0.717) is 13.1 Å². The Bertz CT molecular complexity index is 485. The van der Waals surface area contributed by atoms with Gasteiger partial charge in [-0.15, -0.1) is 4.31 Å². The molecule has 0 aromatic carbocycles. The summed E-state index contributed by atoms with van der Waals surface area (Å²) in [5.74, 6) is -0.534. The van der Waals surface area contributed by atoms with Crippen molar-refractivity contribution in [2.24, 2.45) is 5.73 Å². The molecule has 2 heterocycles. The molecule has 98 valence electrons. The van der Waals surface area contributed by atoms with Crippen molar-refractivity contribution in [2.45, 2.75) is 38.6 Å². The molecule has 6 heteroatoms. The fourth-order valence-corrected chi connectivity index (χ4v) is 3.18. The topological polar surface area (TPSA) is 82.3 Å². The van der Waals surface area contributed by atoms with Crippen molar-refractivity contribution in [2.75, 3.05) is 0 Å². The molecular weight excluding hydrogens is 250 g/mol. The van der Waals surface area contributed by atoms with E-state index in [1.807, 2.05) is 25.1 Å². The van der Waals surface area contributed by atoms with Gasteiger partial charge in [0, 0.05) is 17.6 Å². The van der Waals surface area contributed by atoms with Gasteiger partial charge in [0.2, 0.25) is 0 Å². The Morgan fingerprint density at radius 1 is 1.44 bits per heavy atom. The minimum Gasteiger partial charge on any atom is -0.597 e. The van der Waals surface area contributed by atoms with E-state index in [-0.39, 0.29) is 10.4 Å². The van der Waals surface area contributed by atoms with Crippen molar-refractivity contribution in [1.82, 2.24) is 9.29 Å². The first-order valence-corrected chi connectivity index (χ1v) is 6.84. The number of nitrogens with two attached hydrogens (primary N) is 1. The van der Waals surface area contributed by atoms with E-state index in [0.717, 1.165) is 11.1 Å². The van der Waals surface area contributed by atoms with Crippen LogP contribution in [0.25, 0.3) is 0 Å². The largest absolute Gasteiger partial charge is 0.597 e. The molecule has 0 saturated carbocycles. The van der Waals surface area contributed by atoms with Crippen LogP contribution in [0.1, 0.15) is 42.4 Å². The number of carbonyl (C=O) groups is 1. The molecule has 1 unspecified atom stereocenters. The lowest BCUT2D eigenvalue weighted by atomic mass is 10.1. The first-order chi connectivity index (χ1) is 8.29. The van der Waals surface area contributed by atoms with Gasteiger partial charge in [-0.05, 0) is 38.0 Å². The van der Waals surface area contributed by atoms with Crippen LogP contribution in [-0.2, 0) is 24.5 Å². The Balaban J connectivity index is 2.20. The third-order valence-corrected chi connectivity index (χ3v) is 4.56. The molecule has 2 N–H and O–H groups in total. The van der Waals surface area contributed by atoms with E-state index in [4.69, 9.17) is 5.73 Å². The van der Waals surface area contributed by atoms with Gasteiger partial charge in [0.25, 0.3) is 5.91 Å². The smallest absolute Gasteiger partial charge is 0.267 e. The lowest BCUT2D eigenvalue weighted by molar-refractivity contribution is 0.0995. The Kier molecular flexibility index (Phi) is 3.35. The number of pyridine rings is 1. The molecule has 18 heavy (non-hydrogen) atoms. The molecule has 5 nitrogen and oxygen atoms in total. The summed E-state index contributed by atoms with van der Waals surface area (Å²) in [7, 11) is 0. The number of nitrogens with zero attached hydrogens (tertiary/aromatic N) is 2. The highest BCUT2D eigenvalue weighted by atomic mass is 32.2. The van der Waals surface area contributed by atoms with Crippen LogP contribution in [0.15, 0.2) is 12.3 Å². The number of rotatable bonds is 2. The summed E-state index contributed by atoms with van der Waals surface area (Å²) in [5.41, 5.74) is 7.45. The van der Waals surface area contributed by atoms with E-state index in [2.05, 4.69) is 4.98 Å². The van der Waals surface area contributed by atoms with Gasteiger partial charge >= 0.3 is 0 Å². The fraction of sp³-hybridized carbons (Fsp3) is 0.500. The summed E-state index contributed by atoms with van der Waals surface area (Å²) < 4.78 is 13.9. The minimum atomic E-state index is -1.07. The first-order valence-electron chi connectivity index (χ1n) is 5.73. The van der Waals surface area contributed by atoms with Crippen LogP contribution in [0.3, 0.4) is 0 Å². The van der Waals surface area contributed by atoms with Gasteiger partial charge < -0.3 is 10.3 Å². The lowest BCUT2D eigenvalue weighted by Gasteiger charge is -2.29. The van der Waals surface area contributed by atoms with Crippen LogP contribution in [0.4, 0.5) is 0 Å². The molecule has 0 bridgehead atoms. The SMILES string of the molecule is CC(C)(C)[S+]([O-])N1Cc2cnc(C(N)=O)cc2C1. The van der Waals surface area contributed by atoms with Crippen molar-refractivity contribution < 1.29 is 9.35 Å². The average Bonchev–Trinajstić information content (AvgIpc) is 2.68. The van der Waals surface area contributed by atoms with Crippen LogP contribution in [-0.4, -0.2) is 24.5 Å². The molecule has 1 aromatic rings. The van der Waals surface area contributed by atoms with E-state index < -0.39 is 17.3 Å². The van der Waals surface area contributed by atoms with Crippen LogP contribution < -0.4 is 5.73 Å². The highest BCUT2D eigenvalue weighted by Crippen LogP contribution is 2.30. The highest BCUT2D eigenvalue weighted by molar-refractivity contribution is 7.90. The van der Waals surface area contributed by atoms with Gasteiger partial charge in [-0.2, -0.15) is 0 Å². The van der Waals surface area contributed by atoms with Crippen molar-refractivity contribution in [3.8, 4) is 0 Å². The van der Waals surface area contributed by atoms with Gasteiger partial charge in [0.15, 0.2) is 0 Å². The number of carbonyl (C=O) groups excluding carboxylic acids is 1. The Hall–Kier alpha value is -1.11. The van der Waals surface area contributed by atoms with Gasteiger partial charge in [0.1, 0.15) is 10.4 Å². The quantitative estimate of drug-likeness (QED) is 0.809. The molecule has 0 aliphatic carbocycles. The van der Waals surface area contributed by atoms with Crippen molar-refractivity contribution >= 4 is 17.3 Å². The molecule has 0 spiro atoms. The lowest BCUT2D eigenvalue weighted by Crippen LogP contribution is -2.40. The van der Waals surface area contributed by atoms with Crippen molar-refractivity contribution in [3.05, 3.63) is 29.1 Å². The van der Waals surface area contributed by atoms with E-state index >= 15 is 0 Å². The molecule has 1 aliphatic rings. The van der Waals surface area contributed by atoms with Crippen LogP contribution in [0.5, 0.6) is 0 Å². The van der Waals surface area contributed by atoms with E-state index in [1.165, 1.54) is 0 Å². The normalized spacial score (nSPS) is 17.6. The van der Waals surface area contributed by atoms with Crippen LogP contribution in [0.2, 0.25) is 0 Å². The van der Waals surface area contributed by atoms with E-state index in [1.54, 1.807) is 12.3 Å². The first kappa shape index (κ1) is 13.3. The molecule has 0 saturated heterocycles. The molecule has 1 amide bonds. The van der Waals surface area contributed by atoms with Gasteiger partial charge in [-0.25, -0.2) is 0 Å². The second kappa shape index (κ2) is 4.53. The summed E-state index contributed by atoms with van der Waals surface area (Å²) in [6.45, 7) is 7.00. The summed E-state index contributed by atoms with van der Waals surface area (Å²) in [6, 6.07) is 1.69. The monoisotopic (exact) mass is 267 g/mol. The molecular formula is C12H17N3O2S. The third kappa shape index (κ3) is 2.50. The molecule has 1 aliphatic heterocycles. The van der Waals surface area contributed by atoms with Crippen LogP contribution in [0, 0.1) is 0 Å².